The minimum absolute atomic E-state index is 0.0887. The number of carbonyl (C=O) groups is 1. The van der Waals surface area contributed by atoms with Gasteiger partial charge in [-0.05, 0) is 18.2 Å². The van der Waals surface area contributed by atoms with Gasteiger partial charge in [0.2, 0.25) is 6.10 Å². The monoisotopic (exact) mass is 404 g/mol. The molecule has 1 atom stereocenters. The first-order valence-electron chi connectivity index (χ1n) is 8.78. The highest BCUT2D eigenvalue weighted by atomic mass is 19.4. The number of carbonyl (C=O) groups excluding carboxylic acids is 1. The molecular formula is C18H15F3N6O2. The third-order valence-corrected chi connectivity index (χ3v) is 4.65. The van der Waals surface area contributed by atoms with Gasteiger partial charge in [-0.1, -0.05) is 0 Å². The third-order valence-electron chi connectivity index (χ3n) is 4.65. The van der Waals surface area contributed by atoms with Crippen molar-refractivity contribution in [2.75, 3.05) is 36.4 Å². The lowest BCUT2D eigenvalue weighted by Gasteiger charge is -2.30. The number of amides is 1. The molecular weight excluding hydrogens is 389 g/mol. The minimum atomic E-state index is -4.83. The highest BCUT2D eigenvalue weighted by molar-refractivity contribution is 5.89. The van der Waals surface area contributed by atoms with Gasteiger partial charge in [-0.3, -0.25) is 5.32 Å². The molecule has 2 N–H and O–H groups in total. The number of nitriles is 1. The molecule has 1 saturated heterocycles. The summed E-state index contributed by atoms with van der Waals surface area (Å²) in [5, 5.41) is 14.8. The van der Waals surface area contributed by atoms with E-state index in [1.54, 1.807) is 6.07 Å². The van der Waals surface area contributed by atoms with E-state index in [1.807, 2.05) is 11.0 Å². The summed E-state index contributed by atoms with van der Waals surface area (Å²) in [4.78, 5) is 21.9. The topological polar surface area (TPSA) is 103 Å². The van der Waals surface area contributed by atoms with E-state index in [2.05, 4.69) is 25.3 Å². The number of halogens is 3. The zero-order valence-electron chi connectivity index (χ0n) is 15.0. The fraction of sp³-hybridized carbons (Fsp3) is 0.333. The van der Waals surface area contributed by atoms with Crippen LogP contribution in [-0.2, 0) is 4.74 Å². The highest BCUT2D eigenvalue weighted by Crippen LogP contribution is 2.45. The normalized spacial score (nSPS) is 19.0. The Hall–Kier alpha value is -3.39. The second-order valence-electron chi connectivity index (χ2n) is 6.52. The minimum Gasteiger partial charge on any atom is -0.431 e. The number of nitrogens with zero attached hydrogens (tertiary/aromatic N) is 4. The summed E-state index contributed by atoms with van der Waals surface area (Å²) in [5.74, 6) is 0.254. The van der Waals surface area contributed by atoms with Gasteiger partial charge in [0.1, 0.15) is 11.6 Å². The number of fused-ring (bicyclic) bond motifs is 1. The number of alkyl halides is 3. The maximum absolute atomic E-state index is 13.6. The number of hydrogen-bond donors (Lipinski definition) is 2. The average molecular weight is 404 g/mol. The summed E-state index contributed by atoms with van der Waals surface area (Å²) >= 11 is 0. The van der Waals surface area contributed by atoms with Crippen LogP contribution in [0.2, 0.25) is 0 Å². The van der Waals surface area contributed by atoms with E-state index in [0.717, 1.165) is 13.1 Å². The molecule has 0 aromatic carbocycles. The molecule has 2 aliphatic rings. The summed E-state index contributed by atoms with van der Waals surface area (Å²) < 4.78 is 45.3. The zero-order valence-corrected chi connectivity index (χ0v) is 15.0. The first-order valence-corrected chi connectivity index (χ1v) is 8.78. The molecule has 0 bridgehead atoms. The zero-order chi connectivity index (χ0) is 20.6. The predicted molar refractivity (Wildman–Crippen MR) is 96.2 cm³/mol. The quantitative estimate of drug-likeness (QED) is 0.793. The van der Waals surface area contributed by atoms with Crippen molar-refractivity contribution in [3.63, 3.8) is 0 Å². The lowest BCUT2D eigenvalue weighted by molar-refractivity contribution is -0.206. The largest absolute Gasteiger partial charge is 0.431 e. The van der Waals surface area contributed by atoms with Crippen LogP contribution >= 0.6 is 0 Å². The smallest absolute Gasteiger partial charge is 0.430 e. The molecule has 2 aromatic heterocycles. The van der Waals surface area contributed by atoms with Crippen molar-refractivity contribution >= 4 is 17.7 Å². The third kappa shape index (κ3) is 3.66. The molecule has 11 heteroatoms. The van der Waals surface area contributed by atoms with Gasteiger partial charge in [0, 0.05) is 37.9 Å². The number of nitrogens with one attached hydrogen (secondary N) is 2. The van der Waals surface area contributed by atoms with Gasteiger partial charge >= 0.3 is 12.3 Å². The highest BCUT2D eigenvalue weighted by Gasteiger charge is 2.49. The van der Waals surface area contributed by atoms with Gasteiger partial charge in [-0.25, -0.2) is 14.8 Å². The number of aromatic nitrogens is 2. The molecule has 0 saturated carbocycles. The van der Waals surface area contributed by atoms with E-state index in [0.29, 0.717) is 18.9 Å². The molecule has 8 nitrogen and oxygen atoms in total. The lowest BCUT2D eigenvalue weighted by atomic mass is 9.98. The van der Waals surface area contributed by atoms with Crippen LogP contribution in [0.25, 0.3) is 11.3 Å². The first-order chi connectivity index (χ1) is 13.9. The van der Waals surface area contributed by atoms with Crippen LogP contribution < -0.4 is 15.5 Å². The Bertz CT molecular complexity index is 998. The first kappa shape index (κ1) is 18.9. The van der Waals surface area contributed by atoms with Crippen molar-refractivity contribution in [3.05, 3.63) is 35.5 Å². The van der Waals surface area contributed by atoms with Crippen LogP contribution in [0.1, 0.15) is 17.2 Å². The van der Waals surface area contributed by atoms with E-state index in [4.69, 9.17) is 0 Å². The van der Waals surface area contributed by atoms with E-state index in [-0.39, 0.29) is 28.2 Å². The molecule has 2 aromatic rings. The van der Waals surface area contributed by atoms with Gasteiger partial charge in [0.05, 0.1) is 22.9 Å². The number of ether oxygens (including phenoxy) is 1. The number of anilines is 2. The lowest BCUT2D eigenvalue weighted by Crippen LogP contribution is -2.44. The molecule has 29 heavy (non-hydrogen) atoms. The van der Waals surface area contributed by atoms with Gasteiger partial charge in [0.25, 0.3) is 0 Å². The Morgan fingerprint density at radius 3 is 2.72 bits per heavy atom. The van der Waals surface area contributed by atoms with Gasteiger partial charge in [-0.2, -0.15) is 18.4 Å². The SMILES string of the molecule is N#Cc1cc(-c2ccnc3c2[C@H](C(F)(F)F)OC(=O)N3)nc(N2CCNCC2)c1. The number of hydrogen-bond acceptors (Lipinski definition) is 7. The summed E-state index contributed by atoms with van der Waals surface area (Å²) in [6.07, 6.45) is -7.27. The molecule has 0 spiro atoms. The fourth-order valence-corrected chi connectivity index (χ4v) is 3.36. The Kier molecular flexibility index (Phi) is 4.71. The summed E-state index contributed by atoms with van der Waals surface area (Å²) in [6.45, 7) is 2.77. The van der Waals surface area contributed by atoms with Crippen LogP contribution in [0.3, 0.4) is 0 Å². The molecule has 2 aliphatic heterocycles. The van der Waals surface area contributed by atoms with Crippen molar-refractivity contribution in [2.45, 2.75) is 12.3 Å². The van der Waals surface area contributed by atoms with E-state index in [1.165, 1.54) is 18.3 Å². The van der Waals surface area contributed by atoms with Crippen molar-refractivity contribution < 1.29 is 22.7 Å². The van der Waals surface area contributed by atoms with Crippen LogP contribution in [0.5, 0.6) is 0 Å². The Morgan fingerprint density at radius 1 is 1.28 bits per heavy atom. The maximum Gasteiger partial charge on any atom is 0.430 e. The Morgan fingerprint density at radius 2 is 2.03 bits per heavy atom. The number of rotatable bonds is 2. The van der Waals surface area contributed by atoms with Crippen LogP contribution in [-0.4, -0.2) is 48.4 Å². The molecule has 1 amide bonds. The van der Waals surface area contributed by atoms with Gasteiger partial charge in [0.15, 0.2) is 0 Å². The van der Waals surface area contributed by atoms with Gasteiger partial charge < -0.3 is 15.0 Å². The Balaban J connectivity index is 1.87. The van der Waals surface area contributed by atoms with Crippen molar-refractivity contribution in [2.24, 2.45) is 0 Å². The molecule has 4 rings (SSSR count). The van der Waals surface area contributed by atoms with Crippen LogP contribution in [0, 0.1) is 11.3 Å². The number of cyclic esters (lactones) is 1. The maximum atomic E-state index is 13.6. The van der Waals surface area contributed by atoms with Crippen LogP contribution in [0.15, 0.2) is 24.4 Å². The average Bonchev–Trinajstić information content (AvgIpc) is 2.72. The summed E-state index contributed by atoms with van der Waals surface area (Å²) in [5.41, 5.74) is 0.183. The second-order valence-corrected chi connectivity index (χ2v) is 6.52. The molecule has 0 aliphatic carbocycles. The fourth-order valence-electron chi connectivity index (χ4n) is 3.36. The molecule has 150 valence electrons. The van der Waals surface area contributed by atoms with Crippen molar-refractivity contribution in [3.8, 4) is 17.3 Å². The molecule has 1 fully saturated rings. The van der Waals surface area contributed by atoms with Crippen LogP contribution in [0.4, 0.5) is 29.6 Å². The number of piperazine rings is 1. The van der Waals surface area contributed by atoms with E-state index in [9.17, 15) is 23.2 Å². The van der Waals surface area contributed by atoms with Crippen molar-refractivity contribution in [1.29, 1.82) is 5.26 Å². The molecule has 0 radical (unpaired) electrons. The second kappa shape index (κ2) is 7.21. The summed E-state index contributed by atoms with van der Waals surface area (Å²) in [6, 6.07) is 6.40. The predicted octanol–water partition coefficient (Wildman–Crippen LogP) is 2.59. The van der Waals surface area contributed by atoms with Crippen molar-refractivity contribution in [1.82, 2.24) is 15.3 Å². The number of pyridine rings is 2. The summed E-state index contributed by atoms with van der Waals surface area (Å²) in [7, 11) is 0. The Labute approximate surface area is 163 Å². The molecule has 0 unspecified atom stereocenters. The standard InChI is InChI=1S/C18H15F3N6O2/c19-18(20,21)15-14-11(1-2-24-16(14)26-17(28)29-15)12-7-10(9-22)8-13(25-12)27-5-3-23-4-6-27/h1-2,7-8,15,23H,3-6H2,(H,24,26,28)/t15-/m1/s1. The van der Waals surface area contributed by atoms with E-state index >= 15 is 0 Å². The van der Waals surface area contributed by atoms with Gasteiger partial charge in [-0.15, -0.1) is 0 Å². The molecule has 4 heterocycles. The van der Waals surface area contributed by atoms with E-state index < -0.39 is 18.4 Å².